The molecule has 1 amide bonds. The second-order valence-electron chi connectivity index (χ2n) is 4.66. The average Bonchev–Trinajstić information content (AvgIpc) is 2.83. The van der Waals surface area contributed by atoms with Crippen molar-refractivity contribution in [2.24, 2.45) is 5.92 Å². The molecule has 6 heteroatoms. The lowest BCUT2D eigenvalue weighted by Crippen LogP contribution is -2.42. The van der Waals surface area contributed by atoms with Crippen LogP contribution in [0.5, 0.6) is 0 Å². The molecule has 2 saturated heterocycles. The van der Waals surface area contributed by atoms with E-state index in [1.165, 1.54) is 0 Å². The zero-order valence-corrected chi connectivity index (χ0v) is 10.1. The highest BCUT2D eigenvalue weighted by atomic mass is 32.2. The quantitative estimate of drug-likeness (QED) is 0.690. The maximum Gasteiger partial charge on any atom is 0.237 e. The minimum Gasteiger partial charge on any atom is -0.354 e. The average molecular weight is 246 g/mol. The number of nitrogens with one attached hydrogen (secondary N) is 2. The largest absolute Gasteiger partial charge is 0.354 e. The SMILES string of the molecule is O=C(NCC1CCS(=O)(=O)C1)C1CCCN1. The molecule has 2 N–H and O–H groups in total. The Morgan fingerprint density at radius 3 is 2.75 bits per heavy atom. The number of hydrogen-bond acceptors (Lipinski definition) is 4. The fourth-order valence-electron chi connectivity index (χ4n) is 2.31. The number of sulfone groups is 1. The van der Waals surface area contributed by atoms with E-state index in [9.17, 15) is 13.2 Å². The predicted octanol–water partition coefficient (Wildman–Crippen LogP) is -0.711. The summed E-state index contributed by atoms with van der Waals surface area (Å²) in [5.41, 5.74) is 0. The molecule has 0 bridgehead atoms. The minimum atomic E-state index is -2.83. The molecule has 2 aliphatic rings. The zero-order chi connectivity index (χ0) is 11.6. The molecule has 16 heavy (non-hydrogen) atoms. The van der Waals surface area contributed by atoms with E-state index in [2.05, 4.69) is 10.6 Å². The van der Waals surface area contributed by atoms with Gasteiger partial charge in [-0.3, -0.25) is 4.79 Å². The highest BCUT2D eigenvalue weighted by Gasteiger charge is 2.29. The van der Waals surface area contributed by atoms with E-state index in [1.807, 2.05) is 0 Å². The molecule has 92 valence electrons. The van der Waals surface area contributed by atoms with E-state index in [0.717, 1.165) is 19.4 Å². The van der Waals surface area contributed by atoms with Gasteiger partial charge >= 0.3 is 0 Å². The monoisotopic (exact) mass is 246 g/mol. The minimum absolute atomic E-state index is 0.0156. The van der Waals surface area contributed by atoms with Gasteiger partial charge in [0.1, 0.15) is 0 Å². The number of carbonyl (C=O) groups excluding carboxylic acids is 1. The summed E-state index contributed by atoms with van der Waals surface area (Å²) in [6.07, 6.45) is 2.60. The van der Waals surface area contributed by atoms with E-state index in [-0.39, 0.29) is 29.4 Å². The van der Waals surface area contributed by atoms with Crippen molar-refractivity contribution in [3.05, 3.63) is 0 Å². The summed E-state index contributed by atoms with van der Waals surface area (Å²) in [4.78, 5) is 11.6. The maximum atomic E-state index is 11.6. The molecule has 0 aliphatic carbocycles. The van der Waals surface area contributed by atoms with Crippen LogP contribution in [0.1, 0.15) is 19.3 Å². The van der Waals surface area contributed by atoms with Gasteiger partial charge in [0.05, 0.1) is 17.5 Å². The van der Waals surface area contributed by atoms with Gasteiger partial charge in [0.15, 0.2) is 9.84 Å². The van der Waals surface area contributed by atoms with Crippen molar-refractivity contribution in [1.82, 2.24) is 10.6 Å². The Morgan fingerprint density at radius 1 is 1.38 bits per heavy atom. The third-order valence-electron chi connectivity index (χ3n) is 3.27. The van der Waals surface area contributed by atoms with Gasteiger partial charge in [0.25, 0.3) is 0 Å². The Balaban J connectivity index is 1.73. The molecule has 0 aromatic heterocycles. The van der Waals surface area contributed by atoms with E-state index in [1.54, 1.807) is 0 Å². The molecule has 5 nitrogen and oxygen atoms in total. The Bertz CT molecular complexity index is 360. The second-order valence-corrected chi connectivity index (χ2v) is 6.89. The van der Waals surface area contributed by atoms with Crippen molar-refractivity contribution < 1.29 is 13.2 Å². The van der Waals surface area contributed by atoms with Gasteiger partial charge < -0.3 is 10.6 Å². The third kappa shape index (κ3) is 2.95. The highest BCUT2D eigenvalue weighted by Crippen LogP contribution is 2.17. The summed E-state index contributed by atoms with van der Waals surface area (Å²) in [7, 11) is -2.83. The number of rotatable bonds is 3. The van der Waals surface area contributed by atoms with Crippen LogP contribution in [0, 0.1) is 5.92 Å². The van der Waals surface area contributed by atoms with Crippen LogP contribution in [0.2, 0.25) is 0 Å². The molecule has 0 aromatic carbocycles. The molecule has 2 heterocycles. The Labute approximate surface area is 95.9 Å². The van der Waals surface area contributed by atoms with Crippen LogP contribution in [0.3, 0.4) is 0 Å². The summed E-state index contributed by atoms with van der Waals surface area (Å²) in [5.74, 6) is 0.623. The Kier molecular flexibility index (Phi) is 3.49. The van der Waals surface area contributed by atoms with Gasteiger partial charge in [0.2, 0.25) is 5.91 Å². The smallest absolute Gasteiger partial charge is 0.237 e. The number of hydrogen-bond donors (Lipinski definition) is 2. The van der Waals surface area contributed by atoms with Gasteiger partial charge in [-0.1, -0.05) is 0 Å². The van der Waals surface area contributed by atoms with Crippen LogP contribution in [-0.4, -0.2) is 45.0 Å². The van der Waals surface area contributed by atoms with Crippen LogP contribution in [0.25, 0.3) is 0 Å². The van der Waals surface area contributed by atoms with Gasteiger partial charge in [-0.05, 0) is 31.7 Å². The van der Waals surface area contributed by atoms with E-state index in [0.29, 0.717) is 13.0 Å². The Hall–Kier alpha value is -0.620. The molecule has 0 radical (unpaired) electrons. The van der Waals surface area contributed by atoms with E-state index >= 15 is 0 Å². The number of amides is 1. The van der Waals surface area contributed by atoms with Gasteiger partial charge in [-0.2, -0.15) is 0 Å². The van der Waals surface area contributed by atoms with Crippen molar-refractivity contribution >= 4 is 15.7 Å². The molecule has 2 rings (SSSR count). The van der Waals surface area contributed by atoms with Crippen LogP contribution in [-0.2, 0) is 14.6 Å². The predicted molar refractivity (Wildman–Crippen MR) is 60.8 cm³/mol. The van der Waals surface area contributed by atoms with Crippen molar-refractivity contribution in [2.75, 3.05) is 24.6 Å². The zero-order valence-electron chi connectivity index (χ0n) is 9.24. The van der Waals surface area contributed by atoms with Crippen molar-refractivity contribution in [1.29, 1.82) is 0 Å². The highest BCUT2D eigenvalue weighted by molar-refractivity contribution is 7.91. The van der Waals surface area contributed by atoms with Crippen molar-refractivity contribution in [2.45, 2.75) is 25.3 Å². The first kappa shape index (κ1) is 11.9. The summed E-state index contributed by atoms with van der Waals surface area (Å²) in [6, 6.07) is -0.0713. The maximum absolute atomic E-state index is 11.6. The fraction of sp³-hybridized carbons (Fsp3) is 0.900. The van der Waals surface area contributed by atoms with E-state index < -0.39 is 9.84 Å². The van der Waals surface area contributed by atoms with Crippen molar-refractivity contribution in [3.8, 4) is 0 Å². The molecule has 2 atom stereocenters. The first-order chi connectivity index (χ1) is 7.57. The Morgan fingerprint density at radius 2 is 2.19 bits per heavy atom. The summed E-state index contributed by atoms with van der Waals surface area (Å²) in [5, 5.41) is 5.96. The van der Waals surface area contributed by atoms with Crippen LogP contribution < -0.4 is 10.6 Å². The standard InChI is InChI=1S/C10H18N2O3S/c13-10(9-2-1-4-11-9)12-6-8-3-5-16(14,15)7-8/h8-9,11H,1-7H2,(H,12,13). The lowest BCUT2D eigenvalue weighted by atomic mass is 10.1. The van der Waals surface area contributed by atoms with Gasteiger partial charge in [-0.15, -0.1) is 0 Å². The topological polar surface area (TPSA) is 75.3 Å². The molecular formula is C10H18N2O3S. The van der Waals surface area contributed by atoms with Crippen LogP contribution in [0.15, 0.2) is 0 Å². The summed E-state index contributed by atoms with van der Waals surface area (Å²) >= 11 is 0. The van der Waals surface area contributed by atoms with Gasteiger partial charge in [0, 0.05) is 6.54 Å². The first-order valence-corrected chi connectivity index (χ1v) is 7.60. The third-order valence-corrected chi connectivity index (χ3v) is 5.11. The van der Waals surface area contributed by atoms with Gasteiger partial charge in [-0.25, -0.2) is 8.42 Å². The molecule has 2 unspecified atom stereocenters. The van der Waals surface area contributed by atoms with Crippen LogP contribution >= 0.6 is 0 Å². The first-order valence-electron chi connectivity index (χ1n) is 5.78. The summed E-state index contributed by atoms with van der Waals surface area (Å²) in [6.45, 7) is 1.39. The number of carbonyl (C=O) groups is 1. The van der Waals surface area contributed by atoms with Crippen molar-refractivity contribution in [3.63, 3.8) is 0 Å². The normalized spacial score (nSPS) is 32.8. The van der Waals surface area contributed by atoms with E-state index in [4.69, 9.17) is 0 Å². The second kappa shape index (κ2) is 4.71. The van der Waals surface area contributed by atoms with Crippen LogP contribution in [0.4, 0.5) is 0 Å². The molecule has 2 aliphatic heterocycles. The molecule has 0 aromatic rings. The molecule has 0 saturated carbocycles. The lowest BCUT2D eigenvalue weighted by Gasteiger charge is -2.13. The molecular weight excluding hydrogens is 228 g/mol. The molecule has 2 fully saturated rings. The molecule has 0 spiro atoms. The summed E-state index contributed by atoms with van der Waals surface area (Å²) < 4.78 is 22.4. The lowest BCUT2D eigenvalue weighted by molar-refractivity contribution is -0.122. The fourth-order valence-corrected chi connectivity index (χ4v) is 4.17.